The van der Waals surface area contributed by atoms with Gasteiger partial charge in [-0.15, -0.1) is 0 Å². The van der Waals surface area contributed by atoms with Gasteiger partial charge >= 0.3 is 5.92 Å². The molecule has 1 aliphatic carbocycles. The minimum atomic E-state index is -3.69. The maximum Gasteiger partial charge on any atom is 0.314 e. The first-order valence-corrected chi connectivity index (χ1v) is 10.6. The van der Waals surface area contributed by atoms with Crippen LogP contribution in [0.3, 0.4) is 0 Å². The van der Waals surface area contributed by atoms with E-state index in [2.05, 4.69) is 21.5 Å². The van der Waals surface area contributed by atoms with E-state index >= 15 is 0 Å². The third-order valence-electron chi connectivity index (χ3n) is 5.25. The number of nitrogens with one attached hydrogen (secondary N) is 1. The lowest BCUT2D eigenvalue weighted by atomic mass is 10.1. The van der Waals surface area contributed by atoms with Crippen molar-refractivity contribution in [2.24, 2.45) is 0 Å². The highest BCUT2D eigenvalue weighted by atomic mass is 35.5. The quantitative estimate of drug-likeness (QED) is 0.501. The fraction of sp³-hybridized carbons (Fsp3) is 0.261. The van der Waals surface area contributed by atoms with Crippen molar-refractivity contribution < 1.29 is 13.5 Å². The summed E-state index contributed by atoms with van der Waals surface area (Å²) in [6, 6.07) is 5.74. The molecular formula is C23H18ClF2N5O3. The Labute approximate surface area is 197 Å². The number of nitrogens with zero attached hydrogens (tertiary/aromatic N) is 4. The standard InChI is InChI=1S/C23H18ClF2N5O3/c1-12(2)23(25,26)19-18(34-17-6-13(8-27)5-16(24)7-17)22(33)31(11-29-19)10-15-9-28-20(14-3-4-14)30-21(15)32/h5-7,9,11,14H,1,3-4,10H2,2H3,(H,28,30,32). The van der Waals surface area contributed by atoms with Gasteiger partial charge in [0.25, 0.3) is 11.1 Å². The Kier molecular flexibility index (Phi) is 6.06. The van der Waals surface area contributed by atoms with Crippen LogP contribution in [0.1, 0.15) is 48.3 Å². The van der Waals surface area contributed by atoms with Crippen LogP contribution >= 0.6 is 11.6 Å². The summed E-state index contributed by atoms with van der Waals surface area (Å²) in [5.41, 5.74) is -2.65. The number of H-pyrrole nitrogens is 1. The molecule has 174 valence electrons. The molecule has 2 heterocycles. The summed E-state index contributed by atoms with van der Waals surface area (Å²) in [6.07, 6.45) is 4.16. The van der Waals surface area contributed by atoms with Gasteiger partial charge in [-0.3, -0.25) is 14.2 Å². The van der Waals surface area contributed by atoms with Gasteiger partial charge < -0.3 is 9.72 Å². The lowest BCUT2D eigenvalue weighted by Gasteiger charge is -2.20. The fourth-order valence-electron chi connectivity index (χ4n) is 3.20. The molecule has 0 spiro atoms. The molecular weight excluding hydrogens is 468 g/mol. The molecule has 1 saturated carbocycles. The van der Waals surface area contributed by atoms with Gasteiger partial charge in [-0.25, -0.2) is 9.97 Å². The summed E-state index contributed by atoms with van der Waals surface area (Å²) < 4.78 is 36.2. The topological polar surface area (TPSA) is 114 Å². The van der Waals surface area contributed by atoms with Crippen LogP contribution in [0.25, 0.3) is 0 Å². The maximum atomic E-state index is 14.9. The molecule has 0 aliphatic heterocycles. The Morgan fingerprint density at radius 2 is 2.09 bits per heavy atom. The van der Waals surface area contributed by atoms with E-state index in [1.165, 1.54) is 24.4 Å². The van der Waals surface area contributed by atoms with Crippen LogP contribution in [0, 0.1) is 11.3 Å². The summed E-state index contributed by atoms with van der Waals surface area (Å²) in [5, 5.41) is 9.25. The van der Waals surface area contributed by atoms with Gasteiger partial charge in [-0.1, -0.05) is 18.2 Å². The first-order valence-electron chi connectivity index (χ1n) is 10.2. The Balaban J connectivity index is 1.79. The zero-order chi connectivity index (χ0) is 24.6. The van der Waals surface area contributed by atoms with Crippen molar-refractivity contribution in [1.29, 1.82) is 5.26 Å². The number of aromatic amines is 1. The van der Waals surface area contributed by atoms with Gasteiger partial charge in [-0.05, 0) is 43.5 Å². The highest BCUT2D eigenvalue weighted by Gasteiger charge is 2.39. The van der Waals surface area contributed by atoms with E-state index in [1.807, 2.05) is 6.07 Å². The van der Waals surface area contributed by atoms with Crippen molar-refractivity contribution in [3.63, 3.8) is 0 Å². The largest absolute Gasteiger partial charge is 0.449 e. The Hall–Kier alpha value is -3.84. The number of halogens is 3. The molecule has 1 N–H and O–H groups in total. The number of aromatic nitrogens is 4. The zero-order valence-electron chi connectivity index (χ0n) is 17.9. The highest BCUT2D eigenvalue weighted by Crippen LogP contribution is 2.39. The molecule has 1 aliphatic rings. The van der Waals surface area contributed by atoms with Crippen molar-refractivity contribution in [1.82, 2.24) is 19.5 Å². The third kappa shape index (κ3) is 4.61. The van der Waals surface area contributed by atoms with E-state index in [0.29, 0.717) is 5.82 Å². The van der Waals surface area contributed by atoms with Crippen LogP contribution in [-0.4, -0.2) is 19.5 Å². The van der Waals surface area contributed by atoms with Crippen molar-refractivity contribution >= 4 is 11.6 Å². The smallest absolute Gasteiger partial charge is 0.314 e. The van der Waals surface area contributed by atoms with Gasteiger partial charge in [0, 0.05) is 17.1 Å². The molecule has 1 fully saturated rings. The maximum absolute atomic E-state index is 14.9. The number of hydrogen-bond donors (Lipinski definition) is 1. The molecule has 2 aromatic heterocycles. The highest BCUT2D eigenvalue weighted by molar-refractivity contribution is 6.30. The molecule has 0 saturated heterocycles. The molecule has 11 heteroatoms. The second kappa shape index (κ2) is 8.83. The molecule has 1 aromatic carbocycles. The van der Waals surface area contributed by atoms with E-state index in [9.17, 15) is 18.4 Å². The van der Waals surface area contributed by atoms with E-state index < -0.39 is 34.1 Å². The van der Waals surface area contributed by atoms with Gasteiger partial charge in [0.05, 0.1) is 30.1 Å². The van der Waals surface area contributed by atoms with Gasteiger partial charge in [0.2, 0.25) is 5.75 Å². The van der Waals surface area contributed by atoms with Crippen LogP contribution in [0.15, 0.2) is 52.5 Å². The first kappa shape index (κ1) is 23.3. The Morgan fingerprint density at radius 1 is 1.35 bits per heavy atom. The molecule has 8 nitrogen and oxygen atoms in total. The molecule has 4 rings (SSSR count). The normalized spacial score (nSPS) is 13.4. The predicted octanol–water partition coefficient (Wildman–Crippen LogP) is 4.24. The molecule has 0 atom stereocenters. The number of alkyl halides is 2. The molecule has 0 amide bonds. The predicted molar refractivity (Wildman–Crippen MR) is 119 cm³/mol. The Bertz CT molecular complexity index is 1450. The second-order valence-corrected chi connectivity index (χ2v) is 8.43. The number of rotatable bonds is 7. The van der Waals surface area contributed by atoms with Crippen molar-refractivity contribution in [2.45, 2.75) is 38.2 Å². The van der Waals surface area contributed by atoms with E-state index in [1.54, 1.807) is 0 Å². The van der Waals surface area contributed by atoms with Crippen LogP contribution in [0.5, 0.6) is 11.5 Å². The summed E-state index contributed by atoms with van der Waals surface area (Å²) in [5.74, 6) is -3.76. The monoisotopic (exact) mass is 485 g/mol. The number of ether oxygens (including phenoxy) is 1. The van der Waals surface area contributed by atoms with Crippen LogP contribution in [-0.2, 0) is 12.5 Å². The fourth-order valence-corrected chi connectivity index (χ4v) is 3.43. The van der Waals surface area contributed by atoms with Crippen molar-refractivity contribution in [2.75, 3.05) is 0 Å². The first-order chi connectivity index (χ1) is 16.1. The van der Waals surface area contributed by atoms with Gasteiger partial charge in [0.15, 0.2) is 5.69 Å². The average Bonchev–Trinajstić information content (AvgIpc) is 3.62. The third-order valence-corrected chi connectivity index (χ3v) is 5.47. The Morgan fingerprint density at radius 3 is 2.71 bits per heavy atom. The molecule has 0 radical (unpaired) electrons. The van der Waals surface area contributed by atoms with Gasteiger partial charge in [-0.2, -0.15) is 14.0 Å². The molecule has 0 bridgehead atoms. The SMILES string of the molecule is C=C(C)C(F)(F)c1ncn(Cc2cnc(C3CC3)[nH]c2=O)c(=O)c1Oc1cc(Cl)cc(C#N)c1. The lowest BCUT2D eigenvalue weighted by Crippen LogP contribution is -2.30. The van der Waals surface area contributed by atoms with Crippen molar-refractivity contribution in [3.8, 4) is 17.6 Å². The number of benzene rings is 1. The van der Waals surface area contributed by atoms with E-state index in [4.69, 9.17) is 21.6 Å². The minimum Gasteiger partial charge on any atom is -0.449 e. The van der Waals surface area contributed by atoms with E-state index in [0.717, 1.165) is 30.7 Å². The minimum absolute atomic E-state index is 0.104. The summed E-state index contributed by atoms with van der Waals surface area (Å²) >= 11 is 5.97. The molecule has 3 aromatic rings. The van der Waals surface area contributed by atoms with Crippen LogP contribution in [0.4, 0.5) is 8.78 Å². The molecule has 34 heavy (non-hydrogen) atoms. The van der Waals surface area contributed by atoms with Crippen LogP contribution < -0.4 is 15.9 Å². The van der Waals surface area contributed by atoms with Crippen LogP contribution in [0.2, 0.25) is 5.02 Å². The number of allylic oxidation sites excluding steroid dienone is 1. The van der Waals surface area contributed by atoms with Gasteiger partial charge in [0.1, 0.15) is 11.6 Å². The number of nitriles is 1. The zero-order valence-corrected chi connectivity index (χ0v) is 18.7. The molecule has 0 unspecified atom stereocenters. The summed E-state index contributed by atoms with van der Waals surface area (Å²) in [7, 11) is 0. The number of hydrogen-bond acceptors (Lipinski definition) is 6. The second-order valence-electron chi connectivity index (χ2n) is 8.00. The van der Waals surface area contributed by atoms with E-state index in [-0.39, 0.29) is 34.4 Å². The average molecular weight is 486 g/mol. The summed E-state index contributed by atoms with van der Waals surface area (Å²) in [4.78, 5) is 36.3. The lowest BCUT2D eigenvalue weighted by molar-refractivity contribution is 0.0309. The van der Waals surface area contributed by atoms with Crippen molar-refractivity contribution in [3.05, 3.63) is 91.3 Å². The summed E-state index contributed by atoms with van der Waals surface area (Å²) in [6.45, 7) is 4.10.